The summed E-state index contributed by atoms with van der Waals surface area (Å²) in [6.07, 6.45) is 8.10. The van der Waals surface area contributed by atoms with Gasteiger partial charge < -0.3 is 26.0 Å². The van der Waals surface area contributed by atoms with E-state index in [0.717, 1.165) is 49.2 Å². The Morgan fingerprint density at radius 1 is 1.14 bits per heavy atom. The first-order valence-corrected chi connectivity index (χ1v) is 18.4. The van der Waals surface area contributed by atoms with Crippen molar-refractivity contribution in [3.63, 3.8) is 0 Å². The third-order valence-electron chi connectivity index (χ3n) is 9.39. The second-order valence-electron chi connectivity index (χ2n) is 13.6. The number of nitrogens with one attached hydrogen (secondary N) is 3. The van der Waals surface area contributed by atoms with Crippen molar-refractivity contribution in [3.8, 4) is 0 Å². The Morgan fingerprint density at radius 3 is 2.52 bits per heavy atom. The van der Waals surface area contributed by atoms with E-state index >= 15 is 0 Å². The number of carbonyl (C=O) groups excluding carboxylic acids is 3. The quantitative estimate of drug-likeness (QED) is 0.208. The standard InChI is InChI=1S/C30H49N5O7S2/c1-5-6-7-8-9-11-20-16-30(20,27(38)39)33-26(37)21-12-10-14-35(21)25(36)17-31-28(40)32-24(29(2,3)4)19-34-18-22-23(13-15-43-22)44(34,41)42/h20-21,24H,5-19H2,1-4H3,(H,33,37)(H,38,39)(H2,31,32,40)/t20?,21-,24?,30+/m0/s1. The van der Waals surface area contributed by atoms with Gasteiger partial charge in [0, 0.05) is 36.3 Å². The lowest BCUT2D eigenvalue weighted by Gasteiger charge is -2.34. The fraction of sp³-hybridized carbons (Fsp3) is 0.800. The number of hydrogen-bond donors (Lipinski definition) is 4. The third kappa shape index (κ3) is 7.72. The number of hydrogen-bond acceptors (Lipinski definition) is 7. The van der Waals surface area contributed by atoms with Gasteiger partial charge in [0.1, 0.15) is 11.6 Å². The molecule has 0 bridgehead atoms. The number of carboxylic acid groups (broad SMARTS) is 1. The molecule has 0 aromatic heterocycles. The van der Waals surface area contributed by atoms with Gasteiger partial charge in [-0.25, -0.2) is 18.0 Å². The number of carboxylic acids is 1. The van der Waals surface area contributed by atoms with Gasteiger partial charge in [0.25, 0.3) is 0 Å². The van der Waals surface area contributed by atoms with Crippen LogP contribution < -0.4 is 16.0 Å². The lowest BCUT2D eigenvalue weighted by atomic mass is 9.86. The van der Waals surface area contributed by atoms with E-state index in [-0.39, 0.29) is 19.0 Å². The molecule has 0 spiro atoms. The average molecular weight is 656 g/mol. The molecule has 1 saturated heterocycles. The lowest BCUT2D eigenvalue weighted by Crippen LogP contribution is -2.56. The van der Waals surface area contributed by atoms with E-state index in [1.807, 2.05) is 20.8 Å². The third-order valence-corrected chi connectivity index (χ3v) is 12.7. The Balaban J connectivity index is 1.27. The predicted octanol–water partition coefficient (Wildman–Crippen LogP) is 3.01. The van der Waals surface area contributed by atoms with E-state index in [0.29, 0.717) is 43.7 Å². The van der Waals surface area contributed by atoms with Crippen molar-refractivity contribution in [1.29, 1.82) is 0 Å². The topological polar surface area (TPSA) is 165 Å². The number of amides is 4. The zero-order valence-electron chi connectivity index (χ0n) is 26.4. The first-order valence-electron chi connectivity index (χ1n) is 15.9. The zero-order chi connectivity index (χ0) is 32.3. The Labute approximate surface area is 265 Å². The minimum atomic E-state index is -3.55. The number of likely N-dealkylation sites (tertiary alicyclic amines) is 1. The number of aliphatic carboxylic acids is 1. The number of unbranched alkanes of at least 4 members (excludes halogenated alkanes) is 4. The van der Waals surface area contributed by atoms with Crippen LogP contribution in [0.15, 0.2) is 9.81 Å². The number of allylic oxidation sites excluding steroid dienone is 1. The molecule has 0 aromatic carbocycles. The maximum atomic E-state index is 13.2. The van der Waals surface area contributed by atoms with Gasteiger partial charge in [-0.15, -0.1) is 11.8 Å². The van der Waals surface area contributed by atoms with Crippen molar-refractivity contribution in [2.45, 2.75) is 110 Å². The molecule has 2 unspecified atom stereocenters. The summed E-state index contributed by atoms with van der Waals surface area (Å²) in [5, 5.41) is 18.1. The monoisotopic (exact) mass is 655 g/mol. The number of carbonyl (C=O) groups is 4. The van der Waals surface area contributed by atoms with Gasteiger partial charge in [0.2, 0.25) is 21.8 Å². The van der Waals surface area contributed by atoms with Crippen molar-refractivity contribution in [2.75, 3.05) is 31.9 Å². The van der Waals surface area contributed by atoms with Crippen molar-refractivity contribution in [2.24, 2.45) is 11.3 Å². The van der Waals surface area contributed by atoms with Crippen LogP contribution >= 0.6 is 11.8 Å². The molecule has 4 N–H and O–H groups in total. The van der Waals surface area contributed by atoms with Gasteiger partial charge in [-0.2, -0.15) is 4.31 Å². The van der Waals surface area contributed by atoms with Crippen LogP contribution in [0.3, 0.4) is 0 Å². The van der Waals surface area contributed by atoms with Gasteiger partial charge in [-0.1, -0.05) is 59.8 Å². The number of rotatable bonds is 14. The number of sulfonamides is 1. The fourth-order valence-electron chi connectivity index (χ4n) is 6.45. The van der Waals surface area contributed by atoms with Crippen LogP contribution in [0.5, 0.6) is 0 Å². The molecule has 3 aliphatic heterocycles. The summed E-state index contributed by atoms with van der Waals surface area (Å²) in [6.45, 7) is 8.31. The molecule has 0 aromatic rings. The maximum absolute atomic E-state index is 13.2. The molecule has 4 atom stereocenters. The van der Waals surface area contributed by atoms with Crippen molar-refractivity contribution < 1.29 is 32.7 Å². The molecule has 0 radical (unpaired) electrons. The minimum absolute atomic E-state index is 0.108. The van der Waals surface area contributed by atoms with Crippen molar-refractivity contribution in [3.05, 3.63) is 9.81 Å². The lowest BCUT2D eigenvalue weighted by molar-refractivity contribution is -0.145. The summed E-state index contributed by atoms with van der Waals surface area (Å²) < 4.78 is 27.4. The first-order chi connectivity index (χ1) is 20.7. The summed E-state index contributed by atoms with van der Waals surface area (Å²) in [6, 6.07) is -1.91. The van der Waals surface area contributed by atoms with Crippen molar-refractivity contribution >= 4 is 45.6 Å². The molecular formula is C30H49N5O7S2. The van der Waals surface area contributed by atoms with Crippen LogP contribution in [0.25, 0.3) is 0 Å². The predicted molar refractivity (Wildman–Crippen MR) is 169 cm³/mol. The van der Waals surface area contributed by atoms with E-state index in [9.17, 15) is 32.7 Å². The van der Waals surface area contributed by atoms with E-state index < -0.39 is 56.9 Å². The summed E-state index contributed by atoms with van der Waals surface area (Å²) >= 11 is 1.57. The zero-order valence-corrected chi connectivity index (χ0v) is 28.1. The molecule has 12 nitrogen and oxygen atoms in total. The van der Waals surface area contributed by atoms with Gasteiger partial charge in [0.15, 0.2) is 0 Å². The molecule has 1 aliphatic carbocycles. The Bertz CT molecular complexity index is 1260. The van der Waals surface area contributed by atoms with E-state index in [2.05, 4.69) is 22.9 Å². The minimum Gasteiger partial charge on any atom is -0.479 e. The van der Waals surface area contributed by atoms with Gasteiger partial charge in [-0.05, 0) is 43.4 Å². The second-order valence-corrected chi connectivity index (χ2v) is 16.8. The molecule has 1 saturated carbocycles. The maximum Gasteiger partial charge on any atom is 0.329 e. The Kier molecular flexibility index (Phi) is 11.0. The molecule has 248 valence electrons. The number of nitrogens with zero attached hydrogens (tertiary/aromatic N) is 2. The van der Waals surface area contributed by atoms with Crippen LogP contribution in [0.4, 0.5) is 4.79 Å². The number of thioether (sulfide) groups is 1. The molecule has 4 rings (SSSR count). The van der Waals surface area contributed by atoms with Gasteiger partial charge >= 0.3 is 12.0 Å². The second kappa shape index (κ2) is 14.0. The first kappa shape index (κ1) is 34.6. The SMILES string of the molecule is CCCCCCCC1C[C@]1(NC(=O)[C@@H]1CCCN1C(=O)CNC(=O)NC(CN1CC2=C(CCS2)S1(=O)=O)C(C)(C)C)C(=O)O. The van der Waals surface area contributed by atoms with Crippen LogP contribution in [-0.4, -0.2) is 96.1 Å². The van der Waals surface area contributed by atoms with Gasteiger partial charge in [0.05, 0.1) is 11.4 Å². The van der Waals surface area contributed by atoms with Crippen LogP contribution in [-0.2, 0) is 24.4 Å². The molecule has 14 heteroatoms. The summed E-state index contributed by atoms with van der Waals surface area (Å²) in [5.41, 5.74) is -1.73. The summed E-state index contributed by atoms with van der Waals surface area (Å²) in [5.74, 6) is -1.27. The van der Waals surface area contributed by atoms with Crippen molar-refractivity contribution in [1.82, 2.24) is 25.2 Å². The molecule has 44 heavy (non-hydrogen) atoms. The van der Waals surface area contributed by atoms with Crippen LogP contribution in [0, 0.1) is 11.3 Å². The van der Waals surface area contributed by atoms with Crippen LogP contribution in [0.2, 0.25) is 0 Å². The van der Waals surface area contributed by atoms with Gasteiger partial charge in [-0.3, -0.25) is 9.59 Å². The highest BCUT2D eigenvalue weighted by molar-refractivity contribution is 8.05. The highest BCUT2D eigenvalue weighted by atomic mass is 32.2. The highest BCUT2D eigenvalue weighted by Crippen LogP contribution is 2.47. The van der Waals surface area contributed by atoms with E-state index in [1.165, 1.54) is 9.21 Å². The highest BCUT2D eigenvalue weighted by Gasteiger charge is 2.61. The van der Waals surface area contributed by atoms with E-state index in [1.54, 1.807) is 11.8 Å². The smallest absolute Gasteiger partial charge is 0.329 e. The molecule has 4 aliphatic rings. The molecule has 2 fully saturated rings. The van der Waals surface area contributed by atoms with E-state index in [4.69, 9.17) is 0 Å². The Hall–Kier alpha value is -2.32. The Morgan fingerprint density at radius 2 is 1.86 bits per heavy atom. The summed E-state index contributed by atoms with van der Waals surface area (Å²) in [4.78, 5) is 54.2. The normalized spacial score (nSPS) is 26.8. The average Bonchev–Trinajstić information content (AvgIpc) is 3.29. The fourth-order valence-corrected chi connectivity index (χ4v) is 9.88. The molecular weight excluding hydrogens is 606 g/mol. The summed E-state index contributed by atoms with van der Waals surface area (Å²) in [7, 11) is -3.55. The molecule has 4 amide bonds. The largest absolute Gasteiger partial charge is 0.479 e. The number of urea groups is 1. The molecule has 3 heterocycles. The van der Waals surface area contributed by atoms with Crippen LogP contribution in [0.1, 0.15) is 91.9 Å².